The summed E-state index contributed by atoms with van der Waals surface area (Å²) in [6, 6.07) is -0.457. The van der Waals surface area contributed by atoms with Crippen LogP contribution in [0.15, 0.2) is 0 Å². The number of hydrogen-bond donors (Lipinski definition) is 2. The van der Waals surface area contributed by atoms with Gasteiger partial charge in [-0.15, -0.1) is 0 Å². The Hall–Kier alpha value is -0.360. The van der Waals surface area contributed by atoms with Gasteiger partial charge in [-0.3, -0.25) is 4.79 Å². The van der Waals surface area contributed by atoms with E-state index in [1.54, 1.807) is 13.2 Å². The average Bonchev–Trinajstić information content (AvgIpc) is 2.06. The van der Waals surface area contributed by atoms with Crippen molar-refractivity contribution >= 4 is 17.7 Å². The molecule has 0 aromatic rings. The minimum Gasteiger partial charge on any atom is -0.395 e. The maximum absolute atomic E-state index is 11.8. The van der Waals surface area contributed by atoms with E-state index in [1.165, 1.54) is 11.8 Å². The first-order valence-corrected chi connectivity index (χ1v) is 5.03. The predicted molar refractivity (Wildman–Crippen MR) is 48.0 cm³/mol. The molecule has 0 heterocycles. The zero-order chi connectivity index (χ0) is 10.4. The molecule has 2 atom stereocenters. The van der Waals surface area contributed by atoms with E-state index >= 15 is 0 Å². The van der Waals surface area contributed by atoms with Gasteiger partial charge in [0, 0.05) is 11.3 Å². The van der Waals surface area contributed by atoms with E-state index in [2.05, 4.69) is 5.32 Å². The van der Waals surface area contributed by atoms with Gasteiger partial charge in [-0.05, 0) is 13.2 Å². The van der Waals surface area contributed by atoms with Gasteiger partial charge in [-0.25, -0.2) is 0 Å². The molecule has 0 aromatic carbocycles. The van der Waals surface area contributed by atoms with Crippen molar-refractivity contribution in [3.63, 3.8) is 0 Å². The minimum atomic E-state index is -3.00. The number of alkyl halides is 2. The van der Waals surface area contributed by atoms with Gasteiger partial charge in [-0.2, -0.15) is 20.5 Å². The number of carbonyl (C=O) groups excluding carboxylic acids is 1. The molecule has 0 saturated heterocycles. The van der Waals surface area contributed by atoms with E-state index in [1.807, 2.05) is 0 Å². The van der Waals surface area contributed by atoms with Crippen molar-refractivity contribution in [2.45, 2.75) is 24.6 Å². The molecule has 0 aliphatic heterocycles. The zero-order valence-corrected chi connectivity index (χ0v) is 8.28. The highest BCUT2D eigenvalue weighted by Gasteiger charge is 2.21. The maximum Gasteiger partial charge on any atom is 0.315 e. The Labute approximate surface area is 79.9 Å². The summed E-state index contributed by atoms with van der Waals surface area (Å²) in [5.74, 6) is -1.29. The summed E-state index contributed by atoms with van der Waals surface area (Å²) >= 11 is 1.32. The van der Waals surface area contributed by atoms with Crippen LogP contribution in [0.2, 0.25) is 0 Å². The lowest BCUT2D eigenvalue weighted by Gasteiger charge is -2.20. The molecule has 78 valence electrons. The second kappa shape index (κ2) is 6.15. The monoisotopic (exact) mass is 213 g/mol. The smallest absolute Gasteiger partial charge is 0.315 e. The number of thioether (sulfide) groups is 1. The molecule has 0 spiro atoms. The van der Waals surface area contributed by atoms with Crippen LogP contribution in [0.3, 0.4) is 0 Å². The van der Waals surface area contributed by atoms with Gasteiger partial charge in [0.1, 0.15) is 0 Å². The van der Waals surface area contributed by atoms with Crippen molar-refractivity contribution in [1.82, 2.24) is 5.32 Å². The number of rotatable bonds is 5. The van der Waals surface area contributed by atoms with Gasteiger partial charge in [0.2, 0.25) is 0 Å². The van der Waals surface area contributed by atoms with Gasteiger partial charge >= 0.3 is 6.43 Å². The Morgan fingerprint density at radius 1 is 1.62 bits per heavy atom. The van der Waals surface area contributed by atoms with Gasteiger partial charge in [0.25, 0.3) is 5.91 Å². The third-order valence-corrected chi connectivity index (χ3v) is 2.77. The molecule has 1 amide bonds. The molecular weight excluding hydrogens is 200 g/mol. The second-order valence-electron chi connectivity index (χ2n) is 2.55. The molecule has 0 rings (SSSR count). The van der Waals surface area contributed by atoms with Crippen molar-refractivity contribution in [2.75, 3.05) is 12.9 Å². The maximum atomic E-state index is 11.8. The Morgan fingerprint density at radius 3 is 2.46 bits per heavy atom. The van der Waals surface area contributed by atoms with E-state index < -0.39 is 18.4 Å². The van der Waals surface area contributed by atoms with Crippen molar-refractivity contribution in [3.05, 3.63) is 0 Å². The third-order valence-electron chi connectivity index (χ3n) is 1.61. The van der Waals surface area contributed by atoms with Crippen molar-refractivity contribution in [3.8, 4) is 0 Å². The number of aliphatic hydroxyl groups excluding tert-OH is 1. The summed E-state index contributed by atoms with van der Waals surface area (Å²) in [7, 11) is 0. The molecule has 0 saturated carbocycles. The fourth-order valence-electron chi connectivity index (χ4n) is 0.817. The van der Waals surface area contributed by atoms with Crippen LogP contribution in [-0.4, -0.2) is 41.6 Å². The van der Waals surface area contributed by atoms with E-state index in [9.17, 15) is 13.6 Å². The van der Waals surface area contributed by atoms with Crippen LogP contribution in [-0.2, 0) is 4.79 Å². The highest BCUT2D eigenvalue weighted by Crippen LogP contribution is 2.10. The molecule has 3 nitrogen and oxygen atoms in total. The normalized spacial score (nSPS) is 15.5. The predicted octanol–water partition coefficient (Wildman–Crippen LogP) is 0.480. The lowest BCUT2D eigenvalue weighted by molar-refractivity contribution is -0.132. The summed E-state index contributed by atoms with van der Waals surface area (Å²) in [6.45, 7) is 1.43. The van der Waals surface area contributed by atoms with Crippen LogP contribution < -0.4 is 5.32 Å². The highest BCUT2D eigenvalue weighted by atomic mass is 32.2. The van der Waals surface area contributed by atoms with Crippen LogP contribution in [0.25, 0.3) is 0 Å². The largest absolute Gasteiger partial charge is 0.395 e. The Morgan fingerprint density at radius 2 is 2.15 bits per heavy atom. The number of amides is 1. The Kier molecular flexibility index (Phi) is 5.98. The first-order valence-electron chi connectivity index (χ1n) is 3.75. The van der Waals surface area contributed by atoms with Crippen molar-refractivity contribution < 1.29 is 18.7 Å². The first-order chi connectivity index (χ1) is 6.02. The molecule has 0 aromatic heterocycles. The van der Waals surface area contributed by atoms with Crippen LogP contribution in [0.1, 0.15) is 6.92 Å². The molecule has 0 aliphatic rings. The fraction of sp³-hybridized carbons (Fsp3) is 0.857. The number of halogens is 2. The van der Waals surface area contributed by atoms with Crippen LogP contribution in [0.4, 0.5) is 8.78 Å². The van der Waals surface area contributed by atoms with E-state index in [4.69, 9.17) is 5.11 Å². The summed E-state index contributed by atoms with van der Waals surface area (Å²) in [6.07, 6.45) is -1.25. The van der Waals surface area contributed by atoms with E-state index in [-0.39, 0.29) is 11.9 Å². The molecule has 2 N–H and O–H groups in total. The van der Waals surface area contributed by atoms with Crippen LogP contribution in [0, 0.1) is 0 Å². The van der Waals surface area contributed by atoms with E-state index in [0.717, 1.165) is 0 Å². The van der Waals surface area contributed by atoms with Crippen molar-refractivity contribution in [2.24, 2.45) is 0 Å². The Balaban J connectivity index is 3.97. The SMILES string of the molecule is CSC(CO)C(C)NC(=O)C(F)F. The molecular formula is C7H13F2NO2S. The van der Waals surface area contributed by atoms with Crippen LogP contribution in [0.5, 0.6) is 0 Å². The first kappa shape index (κ1) is 12.6. The zero-order valence-electron chi connectivity index (χ0n) is 7.46. The summed E-state index contributed by atoms with van der Waals surface area (Å²) in [5.41, 5.74) is 0. The molecule has 13 heavy (non-hydrogen) atoms. The number of nitrogens with one attached hydrogen (secondary N) is 1. The van der Waals surface area contributed by atoms with Gasteiger partial charge < -0.3 is 10.4 Å². The molecule has 0 fully saturated rings. The molecule has 0 bridgehead atoms. The second-order valence-corrected chi connectivity index (χ2v) is 3.63. The number of carbonyl (C=O) groups is 1. The Bertz CT molecular complexity index is 165. The molecule has 2 unspecified atom stereocenters. The van der Waals surface area contributed by atoms with Crippen LogP contribution >= 0.6 is 11.8 Å². The molecule has 0 radical (unpaired) electrons. The lowest BCUT2D eigenvalue weighted by Crippen LogP contribution is -2.43. The fourth-order valence-corrected chi connectivity index (χ4v) is 1.44. The standard InChI is InChI=1S/C7H13F2NO2S/c1-4(5(3-11)13-2)10-7(12)6(8)9/h4-6,11H,3H2,1-2H3,(H,10,12). The van der Waals surface area contributed by atoms with Gasteiger partial charge in [0.05, 0.1) is 6.61 Å². The van der Waals surface area contributed by atoms with Gasteiger partial charge in [0.15, 0.2) is 0 Å². The average molecular weight is 213 g/mol. The van der Waals surface area contributed by atoms with Gasteiger partial charge in [-0.1, -0.05) is 0 Å². The topological polar surface area (TPSA) is 49.3 Å². The minimum absolute atomic E-state index is 0.147. The number of aliphatic hydroxyl groups is 1. The van der Waals surface area contributed by atoms with Crippen molar-refractivity contribution in [1.29, 1.82) is 0 Å². The van der Waals surface area contributed by atoms with E-state index in [0.29, 0.717) is 0 Å². The highest BCUT2D eigenvalue weighted by molar-refractivity contribution is 7.99. The quantitative estimate of drug-likeness (QED) is 0.698. The summed E-state index contributed by atoms with van der Waals surface area (Å²) in [4.78, 5) is 10.5. The molecule has 6 heteroatoms. The summed E-state index contributed by atoms with van der Waals surface area (Å²) < 4.78 is 23.6. The number of hydrogen-bond acceptors (Lipinski definition) is 3. The molecule has 0 aliphatic carbocycles. The lowest BCUT2D eigenvalue weighted by atomic mass is 10.2. The summed E-state index contributed by atoms with van der Waals surface area (Å²) in [5, 5.41) is 10.7. The third kappa shape index (κ3) is 4.42.